The van der Waals surface area contributed by atoms with E-state index in [-0.39, 0.29) is 46.5 Å². The van der Waals surface area contributed by atoms with Gasteiger partial charge in [0.05, 0.1) is 23.3 Å². The quantitative estimate of drug-likeness (QED) is 0.407. The average Bonchev–Trinajstić information content (AvgIpc) is 2.99. The molecule has 3 aromatic rings. The van der Waals surface area contributed by atoms with Crippen molar-refractivity contribution in [3.8, 4) is 23.1 Å². The molecule has 0 saturated heterocycles. The molecule has 2 fully saturated rings. The minimum absolute atomic E-state index is 0.0221. The highest BCUT2D eigenvalue weighted by atomic mass is 16.6. The largest absolute Gasteiger partial charge is 0.482 e. The number of hydrogen-bond donors (Lipinski definition) is 1. The van der Waals surface area contributed by atoms with E-state index in [0.29, 0.717) is 30.4 Å². The standard InChI is InChI=1S/C34H34N2O8/c1-18-23-14-27(43-31(39)21-9-7-20(16-35)8-10-21)34(4)30(33(23,3)12-11-24(18)41-19(2)37)29(38)28-26(44-34)15-25(42-32(28)40)22-6-5-13-36-17-22/h5-10,13,15,17-18,23-24,27,29-30,38H,11-12,14H2,1-4H3. The van der Waals surface area contributed by atoms with E-state index >= 15 is 0 Å². The number of rotatable bonds is 4. The molecule has 3 heterocycles. The summed E-state index contributed by atoms with van der Waals surface area (Å²) < 4.78 is 24.3. The predicted octanol–water partition coefficient (Wildman–Crippen LogP) is 4.99. The topological polar surface area (TPSA) is 149 Å². The van der Waals surface area contributed by atoms with Crippen LogP contribution in [0.25, 0.3) is 11.3 Å². The summed E-state index contributed by atoms with van der Waals surface area (Å²) in [5, 5.41) is 21.3. The Morgan fingerprint density at radius 2 is 1.91 bits per heavy atom. The Morgan fingerprint density at radius 1 is 1.16 bits per heavy atom. The summed E-state index contributed by atoms with van der Waals surface area (Å²) in [7, 11) is 0. The van der Waals surface area contributed by atoms with Crippen LogP contribution in [0, 0.1) is 34.5 Å². The second-order valence-corrected chi connectivity index (χ2v) is 12.6. The van der Waals surface area contributed by atoms with Crippen LogP contribution in [0.4, 0.5) is 0 Å². The minimum atomic E-state index is -1.29. The average molecular weight is 599 g/mol. The van der Waals surface area contributed by atoms with E-state index in [1.165, 1.54) is 19.1 Å². The highest BCUT2D eigenvalue weighted by molar-refractivity contribution is 5.89. The molecule has 228 valence electrons. The van der Waals surface area contributed by atoms with Crippen LogP contribution in [0.1, 0.15) is 74.5 Å². The number of ether oxygens (including phenoxy) is 3. The van der Waals surface area contributed by atoms with E-state index in [2.05, 4.69) is 11.9 Å². The number of nitrogens with zero attached hydrogens (tertiary/aromatic N) is 2. The Kier molecular flexibility index (Phi) is 7.33. The Balaban J connectivity index is 1.45. The normalized spacial score (nSPS) is 32.1. The molecule has 1 aromatic carbocycles. The molecular formula is C34H34N2O8. The Morgan fingerprint density at radius 3 is 2.57 bits per heavy atom. The molecule has 8 unspecified atom stereocenters. The van der Waals surface area contributed by atoms with E-state index in [1.807, 2.05) is 19.9 Å². The van der Waals surface area contributed by atoms with Crippen molar-refractivity contribution in [2.45, 2.75) is 70.9 Å². The molecule has 10 heteroatoms. The number of esters is 2. The maximum atomic E-state index is 13.5. The Bertz CT molecular complexity index is 1700. The van der Waals surface area contributed by atoms with Crippen LogP contribution >= 0.6 is 0 Å². The van der Waals surface area contributed by atoms with Crippen LogP contribution in [-0.4, -0.2) is 39.8 Å². The molecule has 0 spiro atoms. The number of benzene rings is 1. The van der Waals surface area contributed by atoms with Gasteiger partial charge in [0.2, 0.25) is 0 Å². The van der Waals surface area contributed by atoms with Crippen molar-refractivity contribution in [1.29, 1.82) is 5.26 Å². The molecule has 2 aromatic heterocycles. The molecule has 2 saturated carbocycles. The molecule has 3 aliphatic rings. The van der Waals surface area contributed by atoms with Crippen molar-refractivity contribution in [2.75, 3.05) is 0 Å². The third-order valence-electron chi connectivity index (χ3n) is 10.1. The van der Waals surface area contributed by atoms with Gasteiger partial charge in [-0.25, -0.2) is 9.59 Å². The molecule has 44 heavy (non-hydrogen) atoms. The minimum Gasteiger partial charge on any atom is -0.482 e. The molecule has 2 aliphatic carbocycles. The van der Waals surface area contributed by atoms with Gasteiger partial charge in [-0.15, -0.1) is 0 Å². The van der Waals surface area contributed by atoms with Gasteiger partial charge in [0.25, 0.3) is 0 Å². The molecule has 8 atom stereocenters. The fourth-order valence-corrected chi connectivity index (χ4v) is 8.06. The first-order chi connectivity index (χ1) is 21.0. The van der Waals surface area contributed by atoms with Crippen LogP contribution in [0.2, 0.25) is 0 Å². The van der Waals surface area contributed by atoms with Crippen molar-refractivity contribution in [1.82, 2.24) is 4.98 Å². The lowest BCUT2D eigenvalue weighted by molar-refractivity contribution is -0.243. The van der Waals surface area contributed by atoms with Crippen molar-refractivity contribution < 1.29 is 33.3 Å². The number of nitriles is 1. The smallest absolute Gasteiger partial charge is 0.345 e. The number of pyridine rings is 1. The van der Waals surface area contributed by atoms with Gasteiger partial charge in [-0.05, 0) is 79.8 Å². The number of fused-ring (bicyclic) bond motifs is 4. The third kappa shape index (κ3) is 4.76. The number of aromatic nitrogens is 1. The predicted molar refractivity (Wildman–Crippen MR) is 156 cm³/mol. The van der Waals surface area contributed by atoms with Crippen LogP contribution in [-0.2, 0) is 14.3 Å². The lowest BCUT2D eigenvalue weighted by Crippen LogP contribution is -2.69. The van der Waals surface area contributed by atoms with Gasteiger partial charge in [-0.1, -0.05) is 13.8 Å². The molecule has 0 radical (unpaired) electrons. The first-order valence-corrected chi connectivity index (χ1v) is 14.8. The summed E-state index contributed by atoms with van der Waals surface area (Å²) in [5.41, 5.74) is -1.27. The maximum Gasteiger partial charge on any atom is 0.345 e. The summed E-state index contributed by atoms with van der Waals surface area (Å²) in [6.07, 6.45) is 2.24. The molecular weight excluding hydrogens is 564 g/mol. The van der Waals surface area contributed by atoms with Crippen LogP contribution in [0.3, 0.4) is 0 Å². The van der Waals surface area contributed by atoms with Crippen LogP contribution in [0.5, 0.6) is 5.75 Å². The first-order valence-electron chi connectivity index (χ1n) is 14.8. The van der Waals surface area contributed by atoms with Gasteiger partial charge in [0.1, 0.15) is 34.9 Å². The van der Waals surface area contributed by atoms with E-state index in [0.717, 1.165) is 0 Å². The Hall–Kier alpha value is -4.49. The van der Waals surface area contributed by atoms with E-state index in [9.17, 15) is 24.8 Å². The van der Waals surface area contributed by atoms with Crippen LogP contribution < -0.4 is 10.4 Å². The molecule has 0 bridgehead atoms. The van der Waals surface area contributed by atoms with Gasteiger partial charge in [0.15, 0.2) is 0 Å². The second kappa shape index (κ2) is 10.9. The summed E-state index contributed by atoms with van der Waals surface area (Å²) in [6.45, 7) is 7.29. The fourth-order valence-electron chi connectivity index (χ4n) is 8.06. The highest BCUT2D eigenvalue weighted by Gasteiger charge is 2.68. The van der Waals surface area contributed by atoms with Gasteiger partial charge < -0.3 is 23.7 Å². The number of aliphatic hydroxyl groups is 1. The van der Waals surface area contributed by atoms with Crippen molar-refractivity contribution >= 4 is 11.9 Å². The van der Waals surface area contributed by atoms with Crippen LogP contribution in [0.15, 0.2) is 64.1 Å². The summed E-state index contributed by atoms with van der Waals surface area (Å²) in [5.74, 6) is -1.53. The lowest BCUT2D eigenvalue weighted by Gasteiger charge is -2.64. The zero-order valence-electron chi connectivity index (χ0n) is 25.0. The zero-order chi connectivity index (χ0) is 31.4. The number of hydrogen-bond acceptors (Lipinski definition) is 10. The summed E-state index contributed by atoms with van der Waals surface area (Å²) >= 11 is 0. The van der Waals surface area contributed by atoms with Gasteiger partial charge >= 0.3 is 17.6 Å². The number of carbonyl (C=O) groups is 2. The van der Waals surface area contributed by atoms with E-state index in [1.54, 1.807) is 42.7 Å². The summed E-state index contributed by atoms with van der Waals surface area (Å²) in [6, 6.07) is 13.2. The monoisotopic (exact) mass is 598 g/mol. The number of carbonyl (C=O) groups excluding carboxylic acids is 2. The molecule has 6 rings (SSSR count). The van der Waals surface area contributed by atoms with E-state index < -0.39 is 40.7 Å². The zero-order valence-corrected chi connectivity index (χ0v) is 25.0. The third-order valence-corrected chi connectivity index (χ3v) is 10.1. The number of aliphatic hydroxyl groups excluding tert-OH is 1. The second-order valence-electron chi connectivity index (χ2n) is 12.6. The Labute approximate surface area is 254 Å². The summed E-state index contributed by atoms with van der Waals surface area (Å²) in [4.78, 5) is 43.0. The van der Waals surface area contributed by atoms with Crippen molar-refractivity contribution in [3.63, 3.8) is 0 Å². The SMILES string of the molecule is CC(=O)OC1CCC2(C)C(CC(OC(=O)c3ccc(C#N)cc3)C3(C)Oc4cc(-c5cccnc5)oc(=O)c4C(O)C23)C1C. The van der Waals surface area contributed by atoms with Gasteiger partial charge in [0, 0.05) is 36.9 Å². The van der Waals surface area contributed by atoms with Gasteiger partial charge in [-0.3, -0.25) is 9.78 Å². The molecule has 0 amide bonds. The van der Waals surface area contributed by atoms with Gasteiger partial charge in [-0.2, -0.15) is 5.26 Å². The molecule has 1 aliphatic heterocycles. The van der Waals surface area contributed by atoms with E-state index in [4.69, 9.17) is 18.6 Å². The molecule has 10 nitrogen and oxygen atoms in total. The molecule has 1 N–H and O–H groups in total. The van der Waals surface area contributed by atoms with Crippen molar-refractivity contribution in [3.05, 3.63) is 82.0 Å². The first kappa shape index (κ1) is 29.6. The fraction of sp³-hybridized carbons (Fsp3) is 0.441. The lowest BCUT2D eigenvalue weighted by atomic mass is 9.46. The van der Waals surface area contributed by atoms with Crippen molar-refractivity contribution in [2.24, 2.45) is 23.2 Å². The highest BCUT2D eigenvalue weighted by Crippen LogP contribution is 2.65. The maximum absolute atomic E-state index is 13.5.